The Kier molecular flexibility index (Phi) is 8.18. The fraction of sp³-hybridized carbons (Fsp3) is 0.257. The van der Waals surface area contributed by atoms with Gasteiger partial charge in [0.2, 0.25) is 17.5 Å². The van der Waals surface area contributed by atoms with E-state index >= 15 is 0 Å². The minimum absolute atomic E-state index is 0.00906. The molecule has 5 aromatic rings. The van der Waals surface area contributed by atoms with Gasteiger partial charge in [0, 0.05) is 41.7 Å². The molecule has 2 amide bonds. The van der Waals surface area contributed by atoms with Gasteiger partial charge in [0.25, 0.3) is 11.8 Å². The van der Waals surface area contributed by atoms with Gasteiger partial charge in [-0.1, -0.05) is 46.3 Å². The highest BCUT2D eigenvalue weighted by Crippen LogP contribution is 2.31. The Labute approximate surface area is 283 Å². The fourth-order valence-electron chi connectivity index (χ4n) is 5.86. The number of nitrogens with zero attached hydrogens (tertiary/aromatic N) is 6. The van der Waals surface area contributed by atoms with Gasteiger partial charge in [-0.3, -0.25) is 18.7 Å². The van der Waals surface area contributed by atoms with E-state index in [1.807, 2.05) is 31.2 Å². The zero-order valence-corrected chi connectivity index (χ0v) is 27.7. The van der Waals surface area contributed by atoms with Crippen molar-refractivity contribution in [2.75, 3.05) is 0 Å². The fourth-order valence-corrected chi connectivity index (χ4v) is 6.19. The quantitative estimate of drug-likeness (QED) is 0.201. The van der Waals surface area contributed by atoms with Crippen molar-refractivity contribution in [3.05, 3.63) is 122 Å². The van der Waals surface area contributed by atoms with Crippen molar-refractivity contribution in [3.63, 3.8) is 0 Å². The standard InChI is InChI=1S/C35H30BrN7O5/c1-20-18-42-30(19-41(20)34(45)22-8-15-28(36)29(16-22)37-3)31(43(35(42)46)24-9-11-25(12-10-24)48-26-13-14-26)32(44)38-17-23-6-4-5-7-27(23)33-40-39-21(2)47-33/h4-12,15-16,20,26H,13-14,17-19H2,1-2H3,(H,38,44)/t20-/m0/s1. The number of nitrogens with one attached hydrogen (secondary N) is 1. The van der Waals surface area contributed by atoms with Crippen LogP contribution in [0.1, 0.15) is 57.8 Å². The Balaban J connectivity index is 1.26. The third kappa shape index (κ3) is 5.91. The lowest BCUT2D eigenvalue weighted by atomic mass is 10.1. The summed E-state index contributed by atoms with van der Waals surface area (Å²) >= 11 is 3.35. The van der Waals surface area contributed by atoms with Crippen LogP contribution in [0.4, 0.5) is 5.69 Å². The number of amides is 2. The number of imidazole rings is 1. The molecule has 1 fully saturated rings. The van der Waals surface area contributed by atoms with Crippen LogP contribution in [0, 0.1) is 13.5 Å². The second-order valence-electron chi connectivity index (χ2n) is 11.9. The highest BCUT2D eigenvalue weighted by atomic mass is 79.9. The maximum Gasteiger partial charge on any atom is 0.333 e. The molecule has 242 valence electrons. The maximum absolute atomic E-state index is 14.2. The molecule has 0 radical (unpaired) electrons. The summed E-state index contributed by atoms with van der Waals surface area (Å²) in [5.41, 5.74) is 2.74. The van der Waals surface area contributed by atoms with Crippen LogP contribution >= 0.6 is 15.9 Å². The summed E-state index contributed by atoms with van der Waals surface area (Å²) in [4.78, 5) is 47.3. The largest absolute Gasteiger partial charge is 0.490 e. The van der Waals surface area contributed by atoms with Crippen LogP contribution in [0.3, 0.4) is 0 Å². The summed E-state index contributed by atoms with van der Waals surface area (Å²) < 4.78 is 15.1. The molecule has 48 heavy (non-hydrogen) atoms. The molecule has 13 heteroatoms. The molecule has 0 bridgehead atoms. The van der Waals surface area contributed by atoms with Crippen LogP contribution in [0.25, 0.3) is 22.0 Å². The minimum atomic E-state index is -0.489. The molecule has 1 aliphatic carbocycles. The number of hydrogen-bond donors (Lipinski definition) is 1. The number of halogens is 1. The summed E-state index contributed by atoms with van der Waals surface area (Å²) in [6.45, 7) is 11.3. The topological polar surface area (TPSA) is 129 Å². The summed E-state index contributed by atoms with van der Waals surface area (Å²) in [5, 5.41) is 11.1. The predicted molar refractivity (Wildman–Crippen MR) is 179 cm³/mol. The molecule has 3 aromatic carbocycles. The first-order valence-corrected chi connectivity index (χ1v) is 16.3. The van der Waals surface area contributed by atoms with Gasteiger partial charge in [-0.15, -0.1) is 10.2 Å². The molecule has 1 aliphatic heterocycles. The molecule has 2 aliphatic rings. The second kappa shape index (κ2) is 12.6. The first-order chi connectivity index (χ1) is 23.2. The smallest absolute Gasteiger partial charge is 0.333 e. The van der Waals surface area contributed by atoms with Gasteiger partial charge < -0.3 is 19.4 Å². The number of fused-ring (bicyclic) bond motifs is 1. The highest BCUT2D eigenvalue weighted by molar-refractivity contribution is 9.10. The Morgan fingerprint density at radius 3 is 2.58 bits per heavy atom. The average Bonchev–Trinajstić information content (AvgIpc) is 3.73. The predicted octanol–water partition coefficient (Wildman–Crippen LogP) is 5.83. The zero-order chi connectivity index (χ0) is 33.5. The summed E-state index contributed by atoms with van der Waals surface area (Å²) in [7, 11) is 0. The number of carbonyl (C=O) groups excluding carboxylic acids is 2. The average molecular weight is 709 g/mol. The third-order valence-corrected chi connectivity index (χ3v) is 9.14. The van der Waals surface area contributed by atoms with Crippen molar-refractivity contribution in [3.8, 4) is 22.9 Å². The Bertz CT molecular complexity index is 2160. The lowest BCUT2D eigenvalue weighted by molar-refractivity contribution is 0.0610. The summed E-state index contributed by atoms with van der Waals surface area (Å²) in [6.07, 6.45) is 2.24. The molecule has 1 saturated carbocycles. The van der Waals surface area contributed by atoms with Crippen LogP contribution in [0.5, 0.6) is 5.75 Å². The van der Waals surface area contributed by atoms with E-state index in [-0.39, 0.29) is 49.1 Å². The van der Waals surface area contributed by atoms with Crippen LogP contribution in [0.2, 0.25) is 0 Å². The molecular formula is C35H30BrN7O5. The number of hydrogen-bond acceptors (Lipinski definition) is 7. The van der Waals surface area contributed by atoms with E-state index in [2.05, 4.69) is 36.3 Å². The number of aryl methyl sites for hydroxylation is 1. The van der Waals surface area contributed by atoms with Gasteiger partial charge in [0.1, 0.15) is 11.4 Å². The van der Waals surface area contributed by atoms with Crippen molar-refractivity contribution in [1.82, 2.24) is 29.5 Å². The van der Waals surface area contributed by atoms with Crippen LogP contribution in [0.15, 0.2) is 80.4 Å². The minimum Gasteiger partial charge on any atom is -0.490 e. The van der Waals surface area contributed by atoms with E-state index in [4.69, 9.17) is 15.7 Å². The molecule has 0 saturated heterocycles. The number of carbonyl (C=O) groups is 2. The van der Waals surface area contributed by atoms with E-state index in [0.29, 0.717) is 50.2 Å². The Morgan fingerprint density at radius 2 is 1.88 bits per heavy atom. The molecule has 12 nitrogen and oxygen atoms in total. The molecule has 7 rings (SSSR count). The summed E-state index contributed by atoms with van der Waals surface area (Å²) in [5.74, 6) is 0.653. The van der Waals surface area contributed by atoms with Crippen molar-refractivity contribution in [2.45, 2.75) is 58.5 Å². The first-order valence-electron chi connectivity index (χ1n) is 15.5. The van der Waals surface area contributed by atoms with Gasteiger partial charge in [-0.2, -0.15) is 0 Å². The molecule has 3 heterocycles. The number of benzene rings is 3. The normalized spacial score (nSPS) is 15.5. The monoisotopic (exact) mass is 707 g/mol. The van der Waals surface area contributed by atoms with Crippen LogP contribution in [-0.4, -0.2) is 48.2 Å². The van der Waals surface area contributed by atoms with E-state index in [1.54, 1.807) is 58.9 Å². The van der Waals surface area contributed by atoms with Gasteiger partial charge >= 0.3 is 5.69 Å². The van der Waals surface area contributed by atoms with Gasteiger partial charge in [-0.05, 0) is 61.7 Å². The highest BCUT2D eigenvalue weighted by Gasteiger charge is 2.35. The van der Waals surface area contributed by atoms with Crippen LogP contribution in [-0.2, 0) is 19.6 Å². The molecule has 2 aromatic heterocycles. The first kappa shape index (κ1) is 31.1. The Morgan fingerprint density at radius 1 is 1.10 bits per heavy atom. The molecule has 1 atom stereocenters. The zero-order valence-electron chi connectivity index (χ0n) is 26.1. The number of ether oxygens (including phenoxy) is 1. The van der Waals surface area contributed by atoms with Crippen molar-refractivity contribution >= 4 is 33.4 Å². The van der Waals surface area contributed by atoms with Gasteiger partial charge in [0.15, 0.2) is 0 Å². The molecule has 0 spiro atoms. The van der Waals surface area contributed by atoms with Crippen molar-refractivity contribution in [2.24, 2.45) is 0 Å². The van der Waals surface area contributed by atoms with E-state index in [0.717, 1.165) is 18.4 Å². The van der Waals surface area contributed by atoms with Crippen LogP contribution < -0.4 is 15.7 Å². The molecular weight excluding hydrogens is 678 g/mol. The van der Waals surface area contributed by atoms with E-state index < -0.39 is 5.91 Å². The summed E-state index contributed by atoms with van der Waals surface area (Å²) in [6, 6.07) is 19.0. The number of aromatic nitrogens is 4. The Hall–Kier alpha value is -5.48. The second-order valence-corrected chi connectivity index (χ2v) is 12.7. The van der Waals surface area contributed by atoms with E-state index in [1.165, 1.54) is 4.57 Å². The van der Waals surface area contributed by atoms with E-state index in [9.17, 15) is 14.4 Å². The lowest BCUT2D eigenvalue weighted by Crippen LogP contribution is -2.47. The van der Waals surface area contributed by atoms with Gasteiger partial charge in [0.05, 0.1) is 30.6 Å². The van der Waals surface area contributed by atoms with Crippen molar-refractivity contribution in [1.29, 1.82) is 0 Å². The maximum atomic E-state index is 14.2. The lowest BCUT2D eigenvalue weighted by Gasteiger charge is -2.34. The molecule has 0 unspecified atom stereocenters. The molecule has 1 N–H and O–H groups in total. The SMILES string of the molecule is [C-]#[N+]c1cc(C(=O)N2Cc3c(C(=O)NCc4ccccc4-c4nnc(C)o4)n(-c4ccc(OC5CC5)cc4)c(=O)n3C[C@@H]2C)ccc1Br. The third-order valence-electron chi connectivity index (χ3n) is 8.47. The van der Waals surface area contributed by atoms with Gasteiger partial charge in [-0.25, -0.2) is 9.64 Å². The van der Waals surface area contributed by atoms with Crippen molar-refractivity contribution < 1.29 is 18.7 Å². The number of rotatable bonds is 8.